The van der Waals surface area contributed by atoms with Crippen molar-refractivity contribution in [1.82, 2.24) is 16.2 Å². The lowest BCUT2D eigenvalue weighted by Crippen LogP contribution is -2.50. The Morgan fingerprint density at radius 3 is 2.10 bits per heavy atom. The second kappa shape index (κ2) is 12.2. The summed E-state index contributed by atoms with van der Waals surface area (Å²) in [5, 5.41) is 2.33. The predicted molar refractivity (Wildman–Crippen MR) is 128 cm³/mol. The average molecular weight is 624 g/mol. The molecule has 3 N–H and O–H groups in total. The number of hydrogen-bond acceptors (Lipinski definition) is 5. The molecule has 160 valence electrons. The number of carbonyl (C=O) groups excluding carboxylic acids is 2. The quantitative estimate of drug-likeness (QED) is 0.319. The van der Waals surface area contributed by atoms with Gasteiger partial charge in [-0.05, 0) is 86.4 Å². The van der Waals surface area contributed by atoms with Gasteiger partial charge in [-0.1, -0.05) is 28.9 Å². The fourth-order valence-electron chi connectivity index (χ4n) is 2.12. The molecule has 0 aliphatic carbocycles. The summed E-state index contributed by atoms with van der Waals surface area (Å²) in [6.45, 7) is 1.57. The van der Waals surface area contributed by atoms with Gasteiger partial charge in [-0.3, -0.25) is 25.8 Å². The van der Waals surface area contributed by atoms with Crippen LogP contribution < -0.4 is 25.6 Å². The number of hydrazine groups is 1. The summed E-state index contributed by atoms with van der Waals surface area (Å²) in [4.78, 5) is 23.8. The average Bonchev–Trinajstić information content (AvgIpc) is 2.70. The fraction of sp³-hybridized carbons (Fsp3) is 0.211. The van der Waals surface area contributed by atoms with E-state index < -0.39 is 11.8 Å². The Labute approximate surface area is 204 Å². The Balaban J connectivity index is 1.69. The molecule has 0 atom stereocenters. The molecule has 0 spiro atoms. The summed E-state index contributed by atoms with van der Waals surface area (Å²) in [5.74, 6) is 0.117. The summed E-state index contributed by atoms with van der Waals surface area (Å²) in [6.07, 6.45) is 0.901. The SMILES string of the molecule is CCc1ccc(OCC(=O)NNC(=S)NC(=O)COc2ccc(Br)cc2Br)c(Br)c1. The number of carbonyl (C=O) groups is 2. The minimum absolute atomic E-state index is 0.0692. The van der Waals surface area contributed by atoms with E-state index in [4.69, 9.17) is 21.7 Å². The Morgan fingerprint density at radius 2 is 1.50 bits per heavy atom. The Bertz CT molecular complexity index is 943. The van der Waals surface area contributed by atoms with Crippen LogP contribution >= 0.6 is 60.0 Å². The van der Waals surface area contributed by atoms with Crippen LogP contribution in [-0.2, 0) is 16.0 Å². The van der Waals surface area contributed by atoms with Crippen LogP contribution in [0.2, 0.25) is 0 Å². The summed E-state index contributed by atoms with van der Waals surface area (Å²) in [7, 11) is 0. The van der Waals surface area contributed by atoms with Crippen LogP contribution in [-0.4, -0.2) is 30.1 Å². The molecule has 2 rings (SSSR count). The van der Waals surface area contributed by atoms with Gasteiger partial charge in [-0.2, -0.15) is 0 Å². The first-order chi connectivity index (χ1) is 14.3. The van der Waals surface area contributed by atoms with Crippen molar-refractivity contribution >= 4 is 76.9 Å². The molecule has 0 radical (unpaired) electrons. The molecule has 2 aromatic rings. The lowest BCUT2D eigenvalue weighted by atomic mass is 10.2. The lowest BCUT2D eigenvalue weighted by Gasteiger charge is -2.13. The number of amides is 2. The minimum atomic E-state index is -0.479. The first kappa shape index (κ1) is 24.6. The second-order valence-corrected chi connectivity index (χ2v) is 8.85. The standard InChI is InChI=1S/C19H18Br3N3O4S/c1-2-11-3-5-15(13(21)7-11)29-10-18(27)24-25-19(30)23-17(26)9-28-16-6-4-12(20)8-14(16)22/h3-8H,2,9-10H2,1H3,(H,24,27)(H2,23,25,26,30). The lowest BCUT2D eigenvalue weighted by molar-refractivity contribution is -0.124. The second-order valence-electron chi connectivity index (χ2n) is 5.82. The zero-order valence-electron chi connectivity index (χ0n) is 15.8. The molecule has 30 heavy (non-hydrogen) atoms. The molecule has 2 amide bonds. The molecule has 0 fully saturated rings. The summed E-state index contributed by atoms with van der Waals surface area (Å²) in [6, 6.07) is 11.0. The van der Waals surface area contributed by atoms with Crippen LogP contribution in [0.1, 0.15) is 12.5 Å². The van der Waals surface area contributed by atoms with E-state index in [1.54, 1.807) is 24.3 Å². The zero-order chi connectivity index (χ0) is 22.1. The van der Waals surface area contributed by atoms with Crippen molar-refractivity contribution in [2.24, 2.45) is 0 Å². The van der Waals surface area contributed by atoms with Gasteiger partial charge in [0.2, 0.25) is 0 Å². The van der Waals surface area contributed by atoms with Crippen LogP contribution in [0.15, 0.2) is 49.8 Å². The van der Waals surface area contributed by atoms with Crippen LogP contribution in [0.5, 0.6) is 11.5 Å². The molecular formula is C19H18Br3N3O4S. The van der Waals surface area contributed by atoms with Gasteiger partial charge in [0, 0.05) is 4.47 Å². The topological polar surface area (TPSA) is 88.7 Å². The Morgan fingerprint density at radius 1 is 0.900 bits per heavy atom. The first-order valence-corrected chi connectivity index (χ1v) is 11.4. The molecule has 2 aromatic carbocycles. The van der Waals surface area contributed by atoms with Gasteiger partial charge < -0.3 is 9.47 Å². The molecule has 7 nitrogen and oxygen atoms in total. The van der Waals surface area contributed by atoms with Crippen molar-refractivity contribution < 1.29 is 19.1 Å². The van der Waals surface area contributed by atoms with E-state index in [0.29, 0.717) is 16.0 Å². The normalized spacial score (nSPS) is 10.1. The van der Waals surface area contributed by atoms with Crippen LogP contribution in [0.25, 0.3) is 0 Å². The molecule has 0 unspecified atom stereocenters. The molecule has 0 saturated heterocycles. The van der Waals surface area contributed by atoms with Gasteiger partial charge in [-0.15, -0.1) is 0 Å². The van der Waals surface area contributed by atoms with E-state index in [1.165, 1.54) is 0 Å². The van der Waals surface area contributed by atoms with Crippen molar-refractivity contribution in [2.45, 2.75) is 13.3 Å². The molecule has 0 saturated carbocycles. The third-order valence-corrected chi connectivity index (χ3v) is 5.52. The van der Waals surface area contributed by atoms with Crippen molar-refractivity contribution in [3.8, 4) is 11.5 Å². The highest BCUT2D eigenvalue weighted by Crippen LogP contribution is 2.28. The first-order valence-electron chi connectivity index (χ1n) is 8.66. The smallest absolute Gasteiger partial charge is 0.276 e. The van der Waals surface area contributed by atoms with E-state index in [0.717, 1.165) is 20.9 Å². The molecule has 0 aromatic heterocycles. The number of rotatable bonds is 7. The molecule has 0 heterocycles. The third-order valence-electron chi connectivity index (χ3n) is 3.58. The highest BCUT2D eigenvalue weighted by atomic mass is 79.9. The number of benzene rings is 2. The van der Waals surface area contributed by atoms with Gasteiger partial charge in [0.25, 0.3) is 11.8 Å². The van der Waals surface area contributed by atoms with Crippen LogP contribution in [0.4, 0.5) is 0 Å². The third kappa shape index (κ3) is 8.21. The van der Waals surface area contributed by atoms with Crippen molar-refractivity contribution in [1.29, 1.82) is 0 Å². The summed E-state index contributed by atoms with van der Waals surface area (Å²) < 4.78 is 13.2. The number of halogens is 3. The van der Waals surface area contributed by atoms with Crippen molar-refractivity contribution in [2.75, 3.05) is 13.2 Å². The number of aryl methyl sites for hydroxylation is 1. The number of nitrogens with one attached hydrogen (secondary N) is 3. The molecular weight excluding hydrogens is 606 g/mol. The summed E-state index contributed by atoms with van der Waals surface area (Å²) >= 11 is 15.1. The maximum Gasteiger partial charge on any atom is 0.276 e. The Kier molecular flexibility index (Phi) is 10.0. The largest absolute Gasteiger partial charge is 0.483 e. The van der Waals surface area contributed by atoms with Crippen molar-refractivity contribution in [3.63, 3.8) is 0 Å². The number of hydrogen-bond donors (Lipinski definition) is 3. The highest BCUT2D eigenvalue weighted by molar-refractivity contribution is 9.11. The summed E-state index contributed by atoms with van der Waals surface area (Å²) in [5.41, 5.74) is 5.94. The predicted octanol–water partition coefficient (Wildman–Crippen LogP) is 4.02. The van der Waals surface area contributed by atoms with E-state index >= 15 is 0 Å². The van der Waals surface area contributed by atoms with E-state index in [1.807, 2.05) is 12.1 Å². The van der Waals surface area contributed by atoms with Crippen LogP contribution in [0.3, 0.4) is 0 Å². The molecule has 0 aliphatic heterocycles. The minimum Gasteiger partial charge on any atom is -0.483 e. The molecule has 0 aliphatic rings. The number of ether oxygens (including phenoxy) is 2. The van der Waals surface area contributed by atoms with E-state index in [-0.39, 0.29) is 18.3 Å². The van der Waals surface area contributed by atoms with E-state index in [9.17, 15) is 9.59 Å². The van der Waals surface area contributed by atoms with Crippen LogP contribution in [0, 0.1) is 0 Å². The van der Waals surface area contributed by atoms with Gasteiger partial charge in [0.15, 0.2) is 18.3 Å². The fourth-order valence-corrected chi connectivity index (χ4v) is 3.98. The Hall–Kier alpha value is -1.69. The van der Waals surface area contributed by atoms with Gasteiger partial charge in [-0.25, -0.2) is 0 Å². The molecule has 0 bridgehead atoms. The zero-order valence-corrected chi connectivity index (χ0v) is 21.3. The molecule has 11 heteroatoms. The van der Waals surface area contributed by atoms with E-state index in [2.05, 4.69) is 70.9 Å². The maximum absolute atomic E-state index is 11.9. The van der Waals surface area contributed by atoms with Gasteiger partial charge in [0.1, 0.15) is 11.5 Å². The van der Waals surface area contributed by atoms with Gasteiger partial charge >= 0.3 is 0 Å². The van der Waals surface area contributed by atoms with Crippen molar-refractivity contribution in [3.05, 3.63) is 55.4 Å². The number of thiocarbonyl (C=S) groups is 1. The van der Waals surface area contributed by atoms with Gasteiger partial charge in [0.05, 0.1) is 8.95 Å². The highest BCUT2D eigenvalue weighted by Gasteiger charge is 2.10. The monoisotopic (exact) mass is 621 g/mol. The maximum atomic E-state index is 11.9.